The van der Waals surface area contributed by atoms with Crippen LogP contribution in [0.1, 0.15) is 0 Å². The Kier molecular flexibility index (Phi) is 6.18. The minimum absolute atomic E-state index is 0.641. The fraction of sp³-hybridized carbons (Fsp3) is 0. The molecule has 0 atom stereocenters. The Balaban J connectivity index is 1.14. The van der Waals surface area contributed by atoms with Gasteiger partial charge in [0.25, 0.3) is 0 Å². The predicted molar refractivity (Wildman–Crippen MR) is 214 cm³/mol. The standard InChI is InChI=1S/C47H29N5/c1-3-13-30(14-4-1)45-48-46(31-15-5-2-6-16-31)50-47(49-45)32-23-25-34(26-24-32)51-39-22-12-10-20-37(39)44-40(51)27-28-41-43(44)36-19-9-8-18-35(36)42-29-33-17-7-11-21-38(33)52(41)42/h1-29H. The average molecular weight is 664 g/mol. The van der Waals surface area contributed by atoms with Crippen molar-refractivity contribution in [3.05, 3.63) is 176 Å². The molecule has 5 heteroatoms. The maximum Gasteiger partial charge on any atom is 0.164 e. The maximum absolute atomic E-state index is 4.97. The van der Waals surface area contributed by atoms with E-state index in [-0.39, 0.29) is 0 Å². The molecule has 7 aromatic carbocycles. The summed E-state index contributed by atoms with van der Waals surface area (Å²) in [5.41, 5.74) is 9.90. The molecular formula is C47H29N5. The summed E-state index contributed by atoms with van der Waals surface area (Å²) in [6, 6.07) is 62.0. The largest absolute Gasteiger partial charge is 0.309 e. The molecule has 0 radical (unpaired) electrons. The summed E-state index contributed by atoms with van der Waals surface area (Å²) >= 11 is 0. The summed E-state index contributed by atoms with van der Waals surface area (Å²) in [5.74, 6) is 1.95. The first-order chi connectivity index (χ1) is 25.8. The van der Waals surface area contributed by atoms with Gasteiger partial charge < -0.3 is 8.97 Å². The van der Waals surface area contributed by atoms with Crippen molar-refractivity contribution in [3.63, 3.8) is 0 Å². The van der Waals surface area contributed by atoms with E-state index in [1.807, 2.05) is 60.7 Å². The van der Waals surface area contributed by atoms with Crippen molar-refractivity contribution in [2.24, 2.45) is 0 Å². The summed E-state index contributed by atoms with van der Waals surface area (Å²) < 4.78 is 4.83. The molecular weight excluding hydrogens is 635 g/mol. The van der Waals surface area contributed by atoms with Crippen LogP contribution >= 0.6 is 0 Å². The molecule has 0 aliphatic carbocycles. The molecule has 4 heterocycles. The fourth-order valence-electron chi connectivity index (χ4n) is 8.02. The van der Waals surface area contributed by atoms with Crippen molar-refractivity contribution in [3.8, 4) is 39.9 Å². The van der Waals surface area contributed by atoms with Crippen molar-refractivity contribution in [2.45, 2.75) is 0 Å². The molecule has 0 saturated heterocycles. The molecule has 4 aromatic heterocycles. The summed E-state index contributed by atoms with van der Waals surface area (Å²) in [5, 5.41) is 7.50. The van der Waals surface area contributed by atoms with E-state index >= 15 is 0 Å². The zero-order valence-electron chi connectivity index (χ0n) is 28.0. The third kappa shape index (κ3) is 4.26. The van der Waals surface area contributed by atoms with Crippen LogP contribution in [0.4, 0.5) is 0 Å². The van der Waals surface area contributed by atoms with Crippen molar-refractivity contribution in [2.75, 3.05) is 0 Å². The number of hydrogen-bond donors (Lipinski definition) is 0. The Morgan fingerprint density at radius 1 is 0.327 bits per heavy atom. The van der Waals surface area contributed by atoms with Crippen LogP contribution in [0, 0.1) is 0 Å². The first-order valence-electron chi connectivity index (χ1n) is 17.5. The summed E-state index contributed by atoms with van der Waals surface area (Å²) in [6.07, 6.45) is 0. The topological polar surface area (TPSA) is 48.0 Å². The van der Waals surface area contributed by atoms with E-state index in [2.05, 4.69) is 124 Å². The van der Waals surface area contributed by atoms with E-state index in [4.69, 9.17) is 15.0 Å². The monoisotopic (exact) mass is 663 g/mol. The van der Waals surface area contributed by atoms with Gasteiger partial charge in [-0.3, -0.25) is 0 Å². The van der Waals surface area contributed by atoms with Crippen LogP contribution in [0.3, 0.4) is 0 Å². The molecule has 11 rings (SSSR count). The van der Waals surface area contributed by atoms with Gasteiger partial charge in [-0.25, -0.2) is 15.0 Å². The lowest BCUT2D eigenvalue weighted by Crippen LogP contribution is -2.00. The summed E-state index contributed by atoms with van der Waals surface area (Å²) in [6.45, 7) is 0. The molecule has 52 heavy (non-hydrogen) atoms. The van der Waals surface area contributed by atoms with Gasteiger partial charge >= 0.3 is 0 Å². The van der Waals surface area contributed by atoms with Crippen LogP contribution in [-0.2, 0) is 0 Å². The Morgan fingerprint density at radius 3 is 1.50 bits per heavy atom. The van der Waals surface area contributed by atoms with Gasteiger partial charge in [0.1, 0.15) is 0 Å². The van der Waals surface area contributed by atoms with Gasteiger partial charge in [-0.05, 0) is 60.0 Å². The van der Waals surface area contributed by atoms with E-state index in [0.717, 1.165) is 27.9 Å². The van der Waals surface area contributed by atoms with Crippen molar-refractivity contribution in [1.29, 1.82) is 0 Å². The van der Waals surface area contributed by atoms with Crippen molar-refractivity contribution < 1.29 is 0 Å². The SMILES string of the molecule is c1ccc(-c2nc(-c3ccccc3)nc(-c3ccc(-n4c5ccccc5c5c6c7ccccc7c7cc8ccccc8n7c6ccc54)cc3)n2)cc1. The first-order valence-corrected chi connectivity index (χ1v) is 17.5. The Bertz CT molecular complexity index is 3100. The highest BCUT2D eigenvalue weighted by atomic mass is 15.0. The Labute approximate surface area is 298 Å². The van der Waals surface area contributed by atoms with Crippen LogP contribution < -0.4 is 0 Å². The molecule has 0 aliphatic heterocycles. The van der Waals surface area contributed by atoms with Crippen LogP contribution in [-0.4, -0.2) is 23.9 Å². The highest BCUT2D eigenvalue weighted by Gasteiger charge is 2.20. The highest BCUT2D eigenvalue weighted by Crippen LogP contribution is 2.42. The van der Waals surface area contributed by atoms with Gasteiger partial charge in [-0.15, -0.1) is 0 Å². The molecule has 242 valence electrons. The lowest BCUT2D eigenvalue weighted by molar-refractivity contribution is 1.07. The van der Waals surface area contributed by atoms with Gasteiger partial charge in [-0.1, -0.05) is 121 Å². The van der Waals surface area contributed by atoms with Crippen LogP contribution in [0.5, 0.6) is 0 Å². The molecule has 0 amide bonds. The normalized spacial score (nSPS) is 11.8. The molecule has 0 spiro atoms. The summed E-state index contributed by atoms with van der Waals surface area (Å²) in [4.78, 5) is 14.8. The maximum atomic E-state index is 4.97. The zero-order chi connectivity index (χ0) is 34.2. The average Bonchev–Trinajstić information content (AvgIpc) is 3.78. The van der Waals surface area contributed by atoms with Gasteiger partial charge in [0.15, 0.2) is 17.5 Å². The smallest absolute Gasteiger partial charge is 0.164 e. The lowest BCUT2D eigenvalue weighted by atomic mass is 10.00. The number of para-hydroxylation sites is 2. The molecule has 0 saturated carbocycles. The number of pyridine rings is 1. The molecule has 0 N–H and O–H groups in total. The van der Waals surface area contributed by atoms with E-state index in [1.165, 1.54) is 54.4 Å². The molecule has 5 nitrogen and oxygen atoms in total. The van der Waals surface area contributed by atoms with Crippen LogP contribution in [0.2, 0.25) is 0 Å². The highest BCUT2D eigenvalue weighted by molar-refractivity contribution is 6.30. The third-order valence-electron chi connectivity index (χ3n) is 10.3. The molecule has 11 aromatic rings. The third-order valence-corrected chi connectivity index (χ3v) is 10.3. The number of fused-ring (bicyclic) bond motifs is 12. The number of rotatable bonds is 4. The quantitative estimate of drug-likeness (QED) is 0.176. The van der Waals surface area contributed by atoms with Crippen LogP contribution in [0.25, 0.3) is 99.8 Å². The first kappa shape index (κ1) is 28.7. The van der Waals surface area contributed by atoms with Crippen molar-refractivity contribution in [1.82, 2.24) is 23.9 Å². The minimum atomic E-state index is 0.641. The molecule has 0 aliphatic rings. The van der Waals surface area contributed by atoms with Gasteiger partial charge in [0.05, 0.1) is 27.6 Å². The zero-order valence-corrected chi connectivity index (χ0v) is 28.0. The second-order valence-corrected chi connectivity index (χ2v) is 13.3. The van der Waals surface area contributed by atoms with Gasteiger partial charge in [0, 0.05) is 49.3 Å². The van der Waals surface area contributed by atoms with Crippen LogP contribution in [0.15, 0.2) is 176 Å². The molecule has 0 bridgehead atoms. The van der Waals surface area contributed by atoms with Gasteiger partial charge in [-0.2, -0.15) is 0 Å². The van der Waals surface area contributed by atoms with E-state index < -0.39 is 0 Å². The lowest BCUT2D eigenvalue weighted by Gasteiger charge is -2.13. The number of aromatic nitrogens is 5. The summed E-state index contributed by atoms with van der Waals surface area (Å²) in [7, 11) is 0. The second kappa shape index (κ2) is 11.2. The Morgan fingerprint density at radius 2 is 0.827 bits per heavy atom. The van der Waals surface area contributed by atoms with E-state index in [1.54, 1.807) is 0 Å². The number of nitrogens with zero attached hydrogens (tertiary/aromatic N) is 5. The van der Waals surface area contributed by atoms with Gasteiger partial charge in [0.2, 0.25) is 0 Å². The number of benzene rings is 7. The predicted octanol–water partition coefficient (Wildman–Crippen LogP) is 11.7. The van der Waals surface area contributed by atoms with E-state index in [0.29, 0.717) is 17.5 Å². The Hall–Kier alpha value is -7.11. The molecule has 0 unspecified atom stereocenters. The fourth-order valence-corrected chi connectivity index (χ4v) is 8.02. The number of hydrogen-bond acceptors (Lipinski definition) is 3. The van der Waals surface area contributed by atoms with E-state index in [9.17, 15) is 0 Å². The van der Waals surface area contributed by atoms with Crippen molar-refractivity contribution >= 4 is 59.9 Å². The molecule has 0 fully saturated rings. The second-order valence-electron chi connectivity index (χ2n) is 13.3. The minimum Gasteiger partial charge on any atom is -0.309 e.